The van der Waals surface area contributed by atoms with Gasteiger partial charge in [0.05, 0.1) is 15.2 Å². The number of piperidine rings is 1. The van der Waals surface area contributed by atoms with Gasteiger partial charge in [0.25, 0.3) is 0 Å². The smallest absolute Gasteiger partial charge is 0.303 e. The molecule has 6 heteroatoms. The highest BCUT2D eigenvalue weighted by atomic mass is 32.1. The summed E-state index contributed by atoms with van der Waals surface area (Å²) in [5.74, 6) is -0.194. The first-order valence-corrected chi connectivity index (χ1v) is 9.30. The predicted molar refractivity (Wildman–Crippen MR) is 94.3 cm³/mol. The fourth-order valence-corrected chi connectivity index (χ4v) is 4.29. The van der Waals surface area contributed by atoms with Crippen LogP contribution in [0.25, 0.3) is 10.2 Å². The molecule has 1 N–H and O–H groups in total. The van der Waals surface area contributed by atoms with Crippen LogP contribution in [0.1, 0.15) is 49.5 Å². The van der Waals surface area contributed by atoms with E-state index in [0.29, 0.717) is 25.2 Å². The normalized spacial score (nSPS) is 15.8. The van der Waals surface area contributed by atoms with Gasteiger partial charge in [0.2, 0.25) is 5.91 Å². The summed E-state index contributed by atoms with van der Waals surface area (Å²) in [7, 11) is 0. The molecule has 1 amide bonds. The number of benzene rings is 1. The fourth-order valence-electron chi connectivity index (χ4n) is 3.15. The van der Waals surface area contributed by atoms with E-state index in [1.165, 1.54) is 9.71 Å². The highest BCUT2D eigenvalue weighted by Crippen LogP contribution is 2.33. The van der Waals surface area contributed by atoms with Gasteiger partial charge in [-0.15, -0.1) is 11.3 Å². The van der Waals surface area contributed by atoms with E-state index in [2.05, 4.69) is 6.07 Å². The van der Waals surface area contributed by atoms with E-state index in [0.717, 1.165) is 31.4 Å². The average Bonchev–Trinajstić information content (AvgIpc) is 3.02. The van der Waals surface area contributed by atoms with E-state index >= 15 is 0 Å². The molecule has 3 rings (SSSR count). The summed E-state index contributed by atoms with van der Waals surface area (Å²) in [5, 5.41) is 9.80. The lowest BCUT2D eigenvalue weighted by atomic mass is 9.97. The van der Waals surface area contributed by atoms with Crippen LogP contribution in [0.5, 0.6) is 0 Å². The van der Waals surface area contributed by atoms with E-state index in [4.69, 9.17) is 10.1 Å². The van der Waals surface area contributed by atoms with Gasteiger partial charge in [-0.25, -0.2) is 4.98 Å². The second kappa shape index (κ2) is 7.75. The molecule has 1 fully saturated rings. The van der Waals surface area contributed by atoms with Gasteiger partial charge in [-0.3, -0.25) is 9.59 Å². The van der Waals surface area contributed by atoms with Gasteiger partial charge < -0.3 is 10.0 Å². The number of thiazole rings is 1. The van der Waals surface area contributed by atoms with Crippen molar-refractivity contribution in [2.24, 2.45) is 0 Å². The molecule has 1 aromatic carbocycles. The second-order valence-corrected chi connectivity index (χ2v) is 7.34. The van der Waals surface area contributed by atoms with Crippen LogP contribution in [0.15, 0.2) is 24.3 Å². The minimum Gasteiger partial charge on any atom is -0.481 e. The number of aromatic nitrogens is 1. The first-order chi connectivity index (χ1) is 11.6. The molecule has 2 aromatic rings. The molecule has 1 aromatic heterocycles. The number of rotatable bonds is 6. The van der Waals surface area contributed by atoms with E-state index in [1.807, 2.05) is 23.1 Å². The molecule has 0 atom stereocenters. The molecule has 2 heterocycles. The summed E-state index contributed by atoms with van der Waals surface area (Å²) in [6.45, 7) is 1.55. The van der Waals surface area contributed by atoms with Crippen LogP contribution in [-0.4, -0.2) is 40.0 Å². The number of aliphatic carboxylic acids is 1. The molecule has 0 unspecified atom stereocenters. The first-order valence-electron chi connectivity index (χ1n) is 8.48. The van der Waals surface area contributed by atoms with E-state index in [-0.39, 0.29) is 12.3 Å². The average molecular weight is 346 g/mol. The van der Waals surface area contributed by atoms with Crippen LogP contribution in [-0.2, 0) is 9.59 Å². The Kier molecular flexibility index (Phi) is 5.45. The zero-order valence-corrected chi connectivity index (χ0v) is 14.4. The molecule has 5 nitrogen and oxygen atoms in total. The molecule has 0 saturated carbocycles. The highest BCUT2D eigenvalue weighted by Gasteiger charge is 2.25. The number of para-hydroxylation sites is 1. The number of hydrogen-bond acceptors (Lipinski definition) is 4. The molecule has 1 saturated heterocycles. The monoisotopic (exact) mass is 346 g/mol. The molecular formula is C18H22N2O3S. The Bertz CT molecular complexity index is 687. The van der Waals surface area contributed by atoms with Gasteiger partial charge in [0, 0.05) is 31.8 Å². The molecule has 0 radical (unpaired) electrons. The minimum absolute atomic E-state index is 0.146. The topological polar surface area (TPSA) is 70.5 Å². The molecule has 0 bridgehead atoms. The quantitative estimate of drug-likeness (QED) is 0.811. The third-order valence-electron chi connectivity index (χ3n) is 4.54. The number of carboxylic acid groups (broad SMARTS) is 1. The Balaban J connectivity index is 1.48. The standard InChI is InChI=1S/C18H22N2O3S/c21-16(7-3-4-8-17(22)23)20-11-9-13(10-12-20)18-19-14-5-1-2-6-15(14)24-18/h1-2,5-6,13H,3-4,7-12H2,(H,22,23). The van der Waals surface area contributed by atoms with Crippen LogP contribution in [0.4, 0.5) is 0 Å². The first kappa shape index (κ1) is 16.9. The SMILES string of the molecule is O=C(O)CCCCC(=O)N1CCC(c2nc3ccccc3s2)CC1. The van der Waals surface area contributed by atoms with Gasteiger partial charge in [-0.05, 0) is 37.8 Å². The van der Waals surface area contributed by atoms with Crippen LogP contribution < -0.4 is 0 Å². The van der Waals surface area contributed by atoms with Crippen LogP contribution >= 0.6 is 11.3 Å². The Morgan fingerprint density at radius 1 is 1.17 bits per heavy atom. The Morgan fingerprint density at radius 3 is 2.58 bits per heavy atom. The van der Waals surface area contributed by atoms with Gasteiger partial charge >= 0.3 is 5.97 Å². The number of likely N-dealkylation sites (tertiary alicyclic amines) is 1. The van der Waals surface area contributed by atoms with E-state index in [9.17, 15) is 9.59 Å². The third kappa shape index (κ3) is 4.12. The zero-order valence-electron chi connectivity index (χ0n) is 13.6. The molecule has 24 heavy (non-hydrogen) atoms. The Labute approximate surface area is 145 Å². The maximum absolute atomic E-state index is 12.2. The van der Waals surface area contributed by atoms with Crippen molar-refractivity contribution in [2.45, 2.75) is 44.4 Å². The number of hydrogen-bond donors (Lipinski definition) is 1. The summed E-state index contributed by atoms with van der Waals surface area (Å²) in [4.78, 5) is 29.3. The third-order valence-corrected chi connectivity index (χ3v) is 5.74. The second-order valence-electron chi connectivity index (χ2n) is 6.28. The summed E-state index contributed by atoms with van der Waals surface area (Å²) in [6, 6.07) is 8.20. The molecular weight excluding hydrogens is 324 g/mol. The molecule has 1 aliphatic heterocycles. The maximum Gasteiger partial charge on any atom is 0.303 e. The number of carboxylic acids is 1. The van der Waals surface area contributed by atoms with E-state index < -0.39 is 5.97 Å². The minimum atomic E-state index is -0.793. The number of fused-ring (bicyclic) bond motifs is 1. The number of nitrogens with zero attached hydrogens (tertiary/aromatic N) is 2. The lowest BCUT2D eigenvalue weighted by molar-refractivity contribution is -0.137. The van der Waals surface area contributed by atoms with Crippen molar-refractivity contribution in [3.05, 3.63) is 29.3 Å². The van der Waals surface area contributed by atoms with Gasteiger partial charge in [0.15, 0.2) is 0 Å². The van der Waals surface area contributed by atoms with Crippen molar-refractivity contribution in [1.82, 2.24) is 9.88 Å². The molecule has 128 valence electrons. The number of amides is 1. The number of carbonyl (C=O) groups excluding carboxylic acids is 1. The van der Waals surface area contributed by atoms with Crippen molar-refractivity contribution in [1.29, 1.82) is 0 Å². The van der Waals surface area contributed by atoms with Crippen molar-refractivity contribution in [2.75, 3.05) is 13.1 Å². The van der Waals surface area contributed by atoms with E-state index in [1.54, 1.807) is 11.3 Å². The highest BCUT2D eigenvalue weighted by molar-refractivity contribution is 7.18. The predicted octanol–water partition coefficient (Wildman–Crippen LogP) is 3.65. The summed E-state index contributed by atoms with van der Waals surface area (Å²) >= 11 is 1.76. The largest absolute Gasteiger partial charge is 0.481 e. The number of unbranched alkanes of at least 4 members (excludes halogenated alkanes) is 1. The Hall–Kier alpha value is -1.95. The van der Waals surface area contributed by atoms with Gasteiger partial charge in [-0.1, -0.05) is 12.1 Å². The van der Waals surface area contributed by atoms with Crippen molar-refractivity contribution < 1.29 is 14.7 Å². The fraction of sp³-hybridized carbons (Fsp3) is 0.500. The lowest BCUT2D eigenvalue weighted by Crippen LogP contribution is -2.37. The summed E-state index contributed by atoms with van der Waals surface area (Å²) < 4.78 is 1.23. The Morgan fingerprint density at radius 2 is 1.88 bits per heavy atom. The lowest BCUT2D eigenvalue weighted by Gasteiger charge is -2.31. The van der Waals surface area contributed by atoms with Gasteiger partial charge in [-0.2, -0.15) is 0 Å². The number of carbonyl (C=O) groups is 2. The summed E-state index contributed by atoms with van der Waals surface area (Å²) in [5.41, 5.74) is 1.06. The molecule has 0 aliphatic carbocycles. The van der Waals surface area contributed by atoms with Crippen molar-refractivity contribution in [3.8, 4) is 0 Å². The maximum atomic E-state index is 12.2. The molecule has 0 spiro atoms. The van der Waals surface area contributed by atoms with Crippen LogP contribution in [0.2, 0.25) is 0 Å². The van der Waals surface area contributed by atoms with Gasteiger partial charge in [0.1, 0.15) is 0 Å². The van der Waals surface area contributed by atoms with Crippen LogP contribution in [0.3, 0.4) is 0 Å². The van der Waals surface area contributed by atoms with Crippen LogP contribution in [0, 0.1) is 0 Å². The summed E-state index contributed by atoms with van der Waals surface area (Å²) in [6.07, 6.45) is 3.75. The zero-order chi connectivity index (χ0) is 16.9. The van der Waals surface area contributed by atoms with Crippen molar-refractivity contribution in [3.63, 3.8) is 0 Å². The molecule has 1 aliphatic rings. The van der Waals surface area contributed by atoms with Crippen molar-refractivity contribution >= 4 is 33.4 Å².